The van der Waals surface area contributed by atoms with Crippen molar-refractivity contribution in [3.05, 3.63) is 82.9 Å². The number of ether oxygens (including phenoxy) is 1. The lowest BCUT2D eigenvalue weighted by Crippen LogP contribution is -2.26. The van der Waals surface area contributed by atoms with E-state index in [2.05, 4.69) is 31.2 Å². The van der Waals surface area contributed by atoms with Gasteiger partial charge in [0.2, 0.25) is 0 Å². The minimum Gasteiger partial charge on any atom is -0.478 e. The Morgan fingerprint density at radius 1 is 1.13 bits per heavy atom. The van der Waals surface area contributed by atoms with E-state index >= 15 is 0 Å². The largest absolute Gasteiger partial charge is 0.478 e. The molecule has 2 fully saturated rings. The zero-order valence-electron chi connectivity index (χ0n) is 17.4. The second-order valence-corrected chi connectivity index (χ2v) is 8.72. The molecule has 0 aromatic heterocycles. The van der Waals surface area contributed by atoms with E-state index in [-0.39, 0.29) is 6.10 Å². The van der Waals surface area contributed by atoms with Crippen molar-refractivity contribution in [3.63, 3.8) is 0 Å². The lowest BCUT2D eigenvalue weighted by Gasteiger charge is -2.26. The molecule has 30 heavy (non-hydrogen) atoms. The predicted molar refractivity (Wildman–Crippen MR) is 117 cm³/mol. The number of carbonyl (C=O) groups is 1. The normalized spacial score (nSPS) is 26.3. The van der Waals surface area contributed by atoms with Crippen LogP contribution >= 0.6 is 0 Å². The van der Waals surface area contributed by atoms with Gasteiger partial charge in [-0.25, -0.2) is 4.79 Å². The lowest BCUT2D eigenvalue weighted by molar-refractivity contribution is 0.0697. The quantitative estimate of drug-likeness (QED) is 0.630. The number of carboxylic acid groups (broad SMARTS) is 1. The average molecular weight is 407 g/mol. The fourth-order valence-corrected chi connectivity index (χ4v) is 5.01. The van der Waals surface area contributed by atoms with Gasteiger partial charge < -0.3 is 14.9 Å². The van der Waals surface area contributed by atoms with Gasteiger partial charge >= 0.3 is 5.97 Å². The summed E-state index contributed by atoms with van der Waals surface area (Å²) in [6.45, 7) is 2.07. The van der Waals surface area contributed by atoms with E-state index in [4.69, 9.17) is 9.84 Å². The molecule has 5 atom stereocenters. The van der Waals surface area contributed by atoms with Crippen molar-refractivity contribution < 1.29 is 19.7 Å². The Morgan fingerprint density at radius 3 is 2.63 bits per heavy atom. The fraction of sp³-hybridized carbons (Fsp3) is 0.423. The molecular weight excluding hydrogens is 376 g/mol. The maximum absolute atomic E-state index is 11.0. The number of fused-ring (bicyclic) bond motifs is 2. The Bertz CT molecular complexity index is 902. The van der Waals surface area contributed by atoms with Gasteiger partial charge in [-0.1, -0.05) is 54.1 Å². The van der Waals surface area contributed by atoms with Crippen LogP contribution in [0.5, 0.6) is 0 Å². The van der Waals surface area contributed by atoms with Crippen LogP contribution < -0.4 is 0 Å². The van der Waals surface area contributed by atoms with E-state index in [0.29, 0.717) is 29.9 Å². The molecule has 2 aromatic carbocycles. The third-order valence-corrected chi connectivity index (χ3v) is 6.54. The first-order valence-electron chi connectivity index (χ1n) is 10.9. The molecule has 0 radical (unpaired) electrons. The summed E-state index contributed by atoms with van der Waals surface area (Å²) in [6.07, 6.45) is 8.96. The summed E-state index contributed by atoms with van der Waals surface area (Å²) in [5.41, 5.74) is 3.84. The Kier molecular flexibility index (Phi) is 6.35. The van der Waals surface area contributed by atoms with Gasteiger partial charge in [0.1, 0.15) is 0 Å². The third kappa shape index (κ3) is 4.82. The maximum Gasteiger partial charge on any atom is 0.335 e. The standard InChI is InChI=1S/C26H30O4/c1-17-3-2-4-19(15-17)16-21(27)10-12-23-22(24-13-14-25(23)30-24)11-7-18-5-8-20(9-6-18)26(28)29/h2-6,8-10,12,15,21-25,27H,7,11,13-14,16H2,1H3,(H,28,29)/b12-10+/t21?,22-,23+,24-,25+/m1/s1. The third-order valence-electron chi connectivity index (χ3n) is 6.54. The molecule has 0 aliphatic carbocycles. The van der Waals surface area contributed by atoms with E-state index in [1.54, 1.807) is 12.1 Å². The molecule has 0 amide bonds. The number of aliphatic hydroxyl groups is 1. The van der Waals surface area contributed by atoms with Crippen LogP contribution in [0.2, 0.25) is 0 Å². The second-order valence-electron chi connectivity index (χ2n) is 8.72. The van der Waals surface area contributed by atoms with Gasteiger partial charge in [-0.3, -0.25) is 0 Å². The average Bonchev–Trinajstić information content (AvgIpc) is 3.32. The number of aryl methyl sites for hydroxylation is 2. The van der Waals surface area contributed by atoms with Crippen LogP contribution in [0.1, 0.15) is 46.3 Å². The lowest BCUT2D eigenvalue weighted by atomic mass is 9.76. The molecule has 4 heteroatoms. The van der Waals surface area contributed by atoms with Gasteiger partial charge in [0.05, 0.1) is 23.9 Å². The minimum atomic E-state index is -0.891. The van der Waals surface area contributed by atoms with Gasteiger partial charge in [0.15, 0.2) is 0 Å². The number of rotatable bonds is 8. The first-order valence-corrected chi connectivity index (χ1v) is 10.9. The van der Waals surface area contributed by atoms with Crippen molar-refractivity contribution >= 4 is 5.97 Å². The monoisotopic (exact) mass is 406 g/mol. The highest BCUT2D eigenvalue weighted by atomic mass is 16.5. The minimum absolute atomic E-state index is 0.261. The van der Waals surface area contributed by atoms with Gasteiger partial charge in [-0.05, 0) is 61.8 Å². The highest BCUT2D eigenvalue weighted by molar-refractivity contribution is 5.87. The number of carboxylic acids is 1. The molecule has 0 spiro atoms. The van der Waals surface area contributed by atoms with Crippen LogP contribution in [0.25, 0.3) is 0 Å². The van der Waals surface area contributed by atoms with Gasteiger partial charge in [-0.15, -0.1) is 0 Å². The van der Waals surface area contributed by atoms with E-state index in [9.17, 15) is 9.90 Å². The highest BCUT2D eigenvalue weighted by Gasteiger charge is 2.47. The number of hydrogen-bond acceptors (Lipinski definition) is 3. The highest BCUT2D eigenvalue weighted by Crippen LogP contribution is 2.46. The summed E-state index contributed by atoms with van der Waals surface area (Å²) in [7, 11) is 0. The number of hydrogen-bond donors (Lipinski definition) is 2. The zero-order valence-corrected chi connectivity index (χ0v) is 17.4. The molecular formula is C26H30O4. The van der Waals surface area contributed by atoms with Crippen molar-refractivity contribution in [2.45, 2.75) is 57.3 Å². The molecule has 2 aromatic rings. The number of aromatic carboxylic acids is 1. The van der Waals surface area contributed by atoms with E-state index in [1.165, 1.54) is 5.56 Å². The summed E-state index contributed by atoms with van der Waals surface area (Å²) in [4.78, 5) is 11.0. The van der Waals surface area contributed by atoms with E-state index in [1.807, 2.05) is 24.3 Å². The first kappa shape index (κ1) is 20.8. The number of benzene rings is 2. The molecule has 0 saturated carbocycles. The molecule has 158 valence electrons. The molecule has 2 aliphatic rings. The van der Waals surface area contributed by atoms with Gasteiger partial charge in [-0.2, -0.15) is 0 Å². The second kappa shape index (κ2) is 9.15. The van der Waals surface area contributed by atoms with Crippen LogP contribution in [-0.4, -0.2) is 34.5 Å². The molecule has 2 saturated heterocycles. The van der Waals surface area contributed by atoms with E-state index in [0.717, 1.165) is 36.8 Å². The number of aliphatic hydroxyl groups excluding tert-OH is 1. The predicted octanol–water partition coefficient (Wildman–Crippen LogP) is 4.58. The van der Waals surface area contributed by atoms with Crippen LogP contribution in [0.3, 0.4) is 0 Å². The molecule has 4 nitrogen and oxygen atoms in total. The molecule has 2 aliphatic heterocycles. The first-order chi connectivity index (χ1) is 14.5. The SMILES string of the molecule is Cc1cccc(CC(O)/C=C/[C@H]2[C@@H](CCc3ccc(C(=O)O)cc3)[C@H]3CC[C@@H]2O3)c1. The Balaban J connectivity index is 1.36. The van der Waals surface area contributed by atoms with Crippen LogP contribution in [0.15, 0.2) is 60.7 Å². The summed E-state index contributed by atoms with van der Waals surface area (Å²) in [6, 6.07) is 15.4. The molecule has 2 N–H and O–H groups in total. The van der Waals surface area contributed by atoms with Crippen molar-refractivity contribution in [1.82, 2.24) is 0 Å². The van der Waals surface area contributed by atoms with Gasteiger partial charge in [0.25, 0.3) is 0 Å². The molecule has 2 bridgehead atoms. The van der Waals surface area contributed by atoms with Crippen molar-refractivity contribution in [2.75, 3.05) is 0 Å². The Labute approximate surface area is 178 Å². The summed E-state index contributed by atoms with van der Waals surface area (Å²) in [5, 5.41) is 19.6. The molecule has 2 heterocycles. The van der Waals surface area contributed by atoms with E-state index < -0.39 is 12.1 Å². The van der Waals surface area contributed by atoms with Crippen LogP contribution in [0.4, 0.5) is 0 Å². The molecule has 1 unspecified atom stereocenters. The van der Waals surface area contributed by atoms with Crippen LogP contribution in [0, 0.1) is 18.8 Å². The fourth-order valence-electron chi connectivity index (χ4n) is 5.01. The summed E-state index contributed by atoms with van der Waals surface area (Å²) >= 11 is 0. The maximum atomic E-state index is 11.0. The Hall–Kier alpha value is -2.43. The summed E-state index contributed by atoms with van der Waals surface area (Å²) in [5.74, 6) is -0.100. The Morgan fingerprint density at radius 2 is 1.90 bits per heavy atom. The topological polar surface area (TPSA) is 66.8 Å². The van der Waals surface area contributed by atoms with Gasteiger partial charge in [0, 0.05) is 12.3 Å². The summed E-state index contributed by atoms with van der Waals surface area (Å²) < 4.78 is 6.19. The van der Waals surface area contributed by atoms with Crippen molar-refractivity contribution in [1.29, 1.82) is 0 Å². The zero-order chi connectivity index (χ0) is 21.1. The van der Waals surface area contributed by atoms with Crippen molar-refractivity contribution in [2.24, 2.45) is 11.8 Å². The molecule has 4 rings (SSSR count). The van der Waals surface area contributed by atoms with Crippen LogP contribution in [-0.2, 0) is 17.6 Å². The smallest absolute Gasteiger partial charge is 0.335 e. The van der Waals surface area contributed by atoms with Crippen molar-refractivity contribution in [3.8, 4) is 0 Å².